The van der Waals surface area contributed by atoms with Crippen LogP contribution >= 0.6 is 0 Å². The Balaban J connectivity index is 1.80. The van der Waals surface area contributed by atoms with Crippen molar-refractivity contribution < 1.29 is 13.2 Å². The number of aryl methyl sites for hydroxylation is 1. The Labute approximate surface area is 152 Å². The standard InChI is InChI=1S/C19H17N3O3S/c1-14-4-2-7-18(12-14)26(24,25)22-17-6-3-5-15(13-17)19(23)21-16-8-10-20-11-9-16/h2-13,22H,1H3,(H,20,21,23). The van der Waals surface area contributed by atoms with Crippen molar-refractivity contribution in [2.45, 2.75) is 11.8 Å². The molecule has 0 aliphatic rings. The molecule has 1 heterocycles. The second-order valence-corrected chi connectivity index (χ2v) is 7.38. The first-order valence-electron chi connectivity index (χ1n) is 7.85. The summed E-state index contributed by atoms with van der Waals surface area (Å²) < 4.78 is 27.5. The number of aromatic nitrogens is 1. The molecule has 7 heteroatoms. The Morgan fingerprint density at radius 3 is 2.38 bits per heavy atom. The van der Waals surface area contributed by atoms with Gasteiger partial charge in [0.2, 0.25) is 0 Å². The first kappa shape index (κ1) is 17.6. The highest BCUT2D eigenvalue weighted by atomic mass is 32.2. The van der Waals surface area contributed by atoms with E-state index in [1.165, 1.54) is 12.1 Å². The van der Waals surface area contributed by atoms with Gasteiger partial charge in [-0.3, -0.25) is 14.5 Å². The number of pyridine rings is 1. The Bertz CT molecular complexity index is 1030. The third kappa shape index (κ3) is 4.25. The molecule has 0 saturated carbocycles. The summed E-state index contributed by atoms with van der Waals surface area (Å²) in [5.74, 6) is -0.340. The molecule has 132 valence electrons. The quantitative estimate of drug-likeness (QED) is 0.723. The Morgan fingerprint density at radius 2 is 1.65 bits per heavy atom. The summed E-state index contributed by atoms with van der Waals surface area (Å²) >= 11 is 0. The van der Waals surface area contributed by atoms with E-state index in [2.05, 4.69) is 15.0 Å². The molecule has 0 atom stereocenters. The van der Waals surface area contributed by atoms with Gasteiger partial charge in [-0.1, -0.05) is 18.2 Å². The Morgan fingerprint density at radius 1 is 0.923 bits per heavy atom. The molecule has 0 unspecified atom stereocenters. The van der Waals surface area contributed by atoms with Crippen LogP contribution in [0.4, 0.5) is 11.4 Å². The normalized spacial score (nSPS) is 11.0. The maximum Gasteiger partial charge on any atom is 0.261 e. The van der Waals surface area contributed by atoms with E-state index in [0.717, 1.165) is 5.56 Å². The lowest BCUT2D eigenvalue weighted by Gasteiger charge is -2.10. The number of carbonyl (C=O) groups excluding carboxylic acids is 1. The summed E-state index contributed by atoms with van der Waals surface area (Å²) in [4.78, 5) is 16.4. The lowest BCUT2D eigenvalue weighted by molar-refractivity contribution is 0.102. The number of sulfonamides is 1. The van der Waals surface area contributed by atoms with Crippen molar-refractivity contribution in [1.82, 2.24) is 4.98 Å². The zero-order valence-corrected chi connectivity index (χ0v) is 14.8. The molecular weight excluding hydrogens is 350 g/mol. The van der Waals surface area contributed by atoms with E-state index in [1.807, 2.05) is 13.0 Å². The second-order valence-electron chi connectivity index (χ2n) is 5.69. The van der Waals surface area contributed by atoms with Gasteiger partial charge in [0.25, 0.3) is 15.9 Å². The van der Waals surface area contributed by atoms with Crippen LogP contribution in [-0.4, -0.2) is 19.3 Å². The lowest BCUT2D eigenvalue weighted by atomic mass is 10.2. The van der Waals surface area contributed by atoms with Gasteiger partial charge in [0.1, 0.15) is 0 Å². The highest BCUT2D eigenvalue weighted by Crippen LogP contribution is 2.19. The number of nitrogens with zero attached hydrogens (tertiary/aromatic N) is 1. The van der Waals surface area contributed by atoms with Crippen LogP contribution in [0.25, 0.3) is 0 Å². The van der Waals surface area contributed by atoms with Gasteiger partial charge in [-0.05, 0) is 55.0 Å². The maximum atomic E-state index is 12.5. The molecule has 0 radical (unpaired) electrons. The fourth-order valence-corrected chi connectivity index (χ4v) is 3.51. The summed E-state index contributed by atoms with van der Waals surface area (Å²) in [6, 6.07) is 16.3. The van der Waals surface area contributed by atoms with Crippen LogP contribution in [0.2, 0.25) is 0 Å². The topological polar surface area (TPSA) is 88.2 Å². The zero-order valence-electron chi connectivity index (χ0n) is 14.0. The minimum Gasteiger partial charge on any atom is -0.322 e. The molecular formula is C19H17N3O3S. The number of benzene rings is 2. The number of carbonyl (C=O) groups is 1. The first-order chi connectivity index (χ1) is 12.4. The van der Waals surface area contributed by atoms with Crippen LogP contribution < -0.4 is 10.0 Å². The molecule has 0 spiro atoms. The molecule has 3 aromatic rings. The number of hydrogen-bond acceptors (Lipinski definition) is 4. The van der Waals surface area contributed by atoms with Crippen molar-refractivity contribution in [3.05, 3.63) is 84.2 Å². The highest BCUT2D eigenvalue weighted by Gasteiger charge is 2.15. The Hall–Kier alpha value is -3.19. The molecule has 0 bridgehead atoms. The van der Waals surface area contributed by atoms with E-state index in [9.17, 15) is 13.2 Å². The van der Waals surface area contributed by atoms with E-state index in [0.29, 0.717) is 16.9 Å². The molecule has 6 nitrogen and oxygen atoms in total. The monoisotopic (exact) mass is 367 g/mol. The number of anilines is 2. The van der Waals surface area contributed by atoms with Crippen molar-refractivity contribution in [1.29, 1.82) is 0 Å². The largest absolute Gasteiger partial charge is 0.322 e. The third-order valence-corrected chi connectivity index (χ3v) is 4.99. The number of rotatable bonds is 5. The average molecular weight is 367 g/mol. The van der Waals surface area contributed by atoms with E-state index in [1.54, 1.807) is 54.9 Å². The number of amides is 1. The predicted molar refractivity (Wildman–Crippen MR) is 101 cm³/mol. The number of hydrogen-bond donors (Lipinski definition) is 2. The fourth-order valence-electron chi connectivity index (χ4n) is 2.36. The van der Waals surface area contributed by atoms with Crippen LogP contribution in [0.5, 0.6) is 0 Å². The van der Waals surface area contributed by atoms with Crippen molar-refractivity contribution >= 4 is 27.3 Å². The maximum absolute atomic E-state index is 12.5. The average Bonchev–Trinajstić information content (AvgIpc) is 2.62. The summed E-state index contributed by atoms with van der Waals surface area (Å²) in [5, 5.41) is 2.73. The van der Waals surface area contributed by atoms with E-state index in [4.69, 9.17) is 0 Å². The van der Waals surface area contributed by atoms with Gasteiger partial charge in [0.15, 0.2) is 0 Å². The van der Waals surface area contributed by atoms with Gasteiger partial charge >= 0.3 is 0 Å². The summed E-state index contributed by atoms with van der Waals surface area (Å²) in [6.07, 6.45) is 3.14. The van der Waals surface area contributed by atoms with Crippen molar-refractivity contribution in [2.24, 2.45) is 0 Å². The fraction of sp³-hybridized carbons (Fsp3) is 0.0526. The molecule has 1 aromatic heterocycles. The van der Waals surface area contributed by atoms with Gasteiger partial charge in [-0.25, -0.2) is 8.42 Å². The second kappa shape index (κ2) is 7.37. The zero-order chi connectivity index (χ0) is 18.6. The van der Waals surface area contributed by atoms with Crippen molar-refractivity contribution in [3.8, 4) is 0 Å². The van der Waals surface area contributed by atoms with E-state index < -0.39 is 10.0 Å². The van der Waals surface area contributed by atoms with Crippen LogP contribution in [0, 0.1) is 6.92 Å². The Kier molecular flexibility index (Phi) is 4.99. The first-order valence-corrected chi connectivity index (χ1v) is 9.33. The summed E-state index contributed by atoms with van der Waals surface area (Å²) in [5.41, 5.74) is 2.11. The molecule has 0 fully saturated rings. The van der Waals surface area contributed by atoms with E-state index in [-0.39, 0.29) is 10.8 Å². The van der Waals surface area contributed by atoms with Crippen LogP contribution in [-0.2, 0) is 10.0 Å². The molecule has 0 aliphatic heterocycles. The van der Waals surface area contributed by atoms with Crippen LogP contribution in [0.15, 0.2) is 78.0 Å². The van der Waals surface area contributed by atoms with E-state index >= 15 is 0 Å². The molecule has 3 rings (SSSR count). The minimum atomic E-state index is -3.73. The SMILES string of the molecule is Cc1cccc(S(=O)(=O)Nc2cccc(C(=O)Nc3ccncc3)c2)c1. The molecule has 1 amide bonds. The highest BCUT2D eigenvalue weighted by molar-refractivity contribution is 7.92. The van der Waals surface area contributed by atoms with Gasteiger partial charge in [0.05, 0.1) is 4.90 Å². The molecule has 0 aliphatic carbocycles. The summed E-state index contributed by atoms with van der Waals surface area (Å²) in [6.45, 7) is 1.82. The van der Waals surface area contributed by atoms with Crippen LogP contribution in [0.3, 0.4) is 0 Å². The van der Waals surface area contributed by atoms with Crippen LogP contribution in [0.1, 0.15) is 15.9 Å². The van der Waals surface area contributed by atoms with Crippen molar-refractivity contribution in [3.63, 3.8) is 0 Å². The van der Waals surface area contributed by atoms with Gasteiger partial charge in [-0.15, -0.1) is 0 Å². The lowest BCUT2D eigenvalue weighted by Crippen LogP contribution is -2.15. The summed E-state index contributed by atoms with van der Waals surface area (Å²) in [7, 11) is -3.73. The molecule has 0 saturated heterocycles. The van der Waals surface area contributed by atoms with Gasteiger partial charge in [-0.2, -0.15) is 0 Å². The molecule has 2 N–H and O–H groups in total. The predicted octanol–water partition coefficient (Wildman–Crippen LogP) is 3.44. The smallest absolute Gasteiger partial charge is 0.261 e. The van der Waals surface area contributed by atoms with Gasteiger partial charge in [0, 0.05) is 29.3 Å². The molecule has 2 aromatic carbocycles. The van der Waals surface area contributed by atoms with Crippen molar-refractivity contribution in [2.75, 3.05) is 10.0 Å². The minimum absolute atomic E-state index is 0.171. The number of nitrogens with one attached hydrogen (secondary N) is 2. The third-order valence-electron chi connectivity index (χ3n) is 3.62. The van der Waals surface area contributed by atoms with Gasteiger partial charge < -0.3 is 5.32 Å². The molecule has 26 heavy (non-hydrogen) atoms.